The highest BCUT2D eigenvalue weighted by Crippen LogP contribution is 2.29. The van der Waals surface area contributed by atoms with Gasteiger partial charge in [-0.25, -0.2) is 4.98 Å². The lowest BCUT2D eigenvalue weighted by Gasteiger charge is -2.38. The van der Waals surface area contributed by atoms with E-state index < -0.39 is 0 Å². The predicted molar refractivity (Wildman–Crippen MR) is 78.4 cm³/mol. The summed E-state index contributed by atoms with van der Waals surface area (Å²) < 4.78 is 2.10. The van der Waals surface area contributed by atoms with Gasteiger partial charge in [-0.15, -0.1) is 0 Å². The molecule has 1 aliphatic rings. The van der Waals surface area contributed by atoms with E-state index in [-0.39, 0.29) is 6.04 Å². The van der Waals surface area contributed by atoms with Gasteiger partial charge in [0, 0.05) is 39.4 Å². The van der Waals surface area contributed by atoms with Crippen molar-refractivity contribution in [3.05, 3.63) is 24.0 Å². The summed E-state index contributed by atoms with van der Waals surface area (Å²) in [5.41, 5.74) is 10.4. The molecule has 19 heavy (non-hydrogen) atoms. The van der Waals surface area contributed by atoms with Crippen LogP contribution in [0.3, 0.4) is 0 Å². The van der Waals surface area contributed by atoms with Crippen LogP contribution in [0.1, 0.15) is 18.7 Å². The number of aromatic nitrogens is 2. The molecule has 0 bridgehead atoms. The van der Waals surface area contributed by atoms with E-state index in [1.807, 2.05) is 26.2 Å². The number of fused-ring (bicyclic) bond motifs is 1. The Morgan fingerprint density at radius 3 is 2.84 bits per heavy atom. The number of likely N-dealkylation sites (N-methyl/N-ethyl adjacent to an activating group) is 1. The van der Waals surface area contributed by atoms with E-state index in [4.69, 9.17) is 10.7 Å². The Hall–Kier alpha value is -1.59. The molecule has 102 valence electrons. The molecule has 1 fully saturated rings. The second kappa shape index (κ2) is 4.51. The van der Waals surface area contributed by atoms with Crippen LogP contribution in [0.15, 0.2) is 18.3 Å². The van der Waals surface area contributed by atoms with E-state index in [2.05, 4.69) is 27.9 Å². The minimum absolute atomic E-state index is 0.0601. The number of nitrogens with zero attached hydrogens (tertiary/aromatic N) is 3. The Bertz CT molecular complexity index is 597. The van der Waals surface area contributed by atoms with Crippen molar-refractivity contribution in [2.24, 2.45) is 12.8 Å². The first-order valence-electron chi connectivity index (χ1n) is 6.73. The van der Waals surface area contributed by atoms with Gasteiger partial charge in [-0.3, -0.25) is 0 Å². The lowest BCUT2D eigenvalue weighted by Crippen LogP contribution is -2.56. The quantitative estimate of drug-likeness (QED) is 0.863. The second-order valence-electron chi connectivity index (χ2n) is 5.44. The van der Waals surface area contributed by atoms with Gasteiger partial charge >= 0.3 is 0 Å². The molecule has 2 aromatic rings. The van der Waals surface area contributed by atoms with Crippen LogP contribution in [0.25, 0.3) is 11.0 Å². The van der Waals surface area contributed by atoms with E-state index in [9.17, 15) is 0 Å². The Morgan fingerprint density at radius 2 is 2.26 bits per heavy atom. The molecule has 0 aromatic carbocycles. The highest BCUT2D eigenvalue weighted by Gasteiger charge is 2.25. The van der Waals surface area contributed by atoms with Gasteiger partial charge in [0.15, 0.2) is 0 Å². The predicted octanol–water partition coefficient (Wildman–Crippen LogP) is 1.00. The van der Waals surface area contributed by atoms with Crippen molar-refractivity contribution < 1.29 is 0 Å². The third-order valence-corrected chi connectivity index (χ3v) is 3.99. The summed E-state index contributed by atoms with van der Waals surface area (Å²) >= 11 is 0. The van der Waals surface area contributed by atoms with Gasteiger partial charge in [0.25, 0.3) is 0 Å². The zero-order valence-electron chi connectivity index (χ0n) is 11.7. The molecule has 3 N–H and O–H groups in total. The van der Waals surface area contributed by atoms with Crippen molar-refractivity contribution in [2.75, 3.05) is 25.0 Å². The maximum Gasteiger partial charge on any atom is 0.0886 e. The normalized spacial score (nSPS) is 17.5. The molecule has 5 heteroatoms. The van der Waals surface area contributed by atoms with E-state index in [0.717, 1.165) is 35.5 Å². The van der Waals surface area contributed by atoms with E-state index >= 15 is 0 Å². The molecule has 3 rings (SSSR count). The van der Waals surface area contributed by atoms with Crippen molar-refractivity contribution in [2.45, 2.75) is 19.0 Å². The van der Waals surface area contributed by atoms with Crippen molar-refractivity contribution >= 4 is 16.7 Å². The molecule has 0 saturated carbocycles. The summed E-state index contributed by atoms with van der Waals surface area (Å²) in [7, 11) is 4.17. The van der Waals surface area contributed by atoms with Gasteiger partial charge < -0.3 is 20.5 Å². The Labute approximate surface area is 113 Å². The number of hydrogen-bond donors (Lipinski definition) is 2. The summed E-state index contributed by atoms with van der Waals surface area (Å²) in [6.45, 7) is 4.05. The third kappa shape index (κ3) is 1.99. The van der Waals surface area contributed by atoms with Crippen molar-refractivity contribution in [3.8, 4) is 0 Å². The van der Waals surface area contributed by atoms with Crippen LogP contribution in [-0.2, 0) is 7.05 Å². The third-order valence-electron chi connectivity index (χ3n) is 3.99. The van der Waals surface area contributed by atoms with Gasteiger partial charge in [-0.05, 0) is 19.1 Å². The number of pyridine rings is 1. The van der Waals surface area contributed by atoms with E-state index in [1.54, 1.807) is 0 Å². The first-order valence-corrected chi connectivity index (χ1v) is 6.73. The molecule has 3 heterocycles. The molecule has 0 amide bonds. The maximum absolute atomic E-state index is 6.10. The average molecular weight is 259 g/mol. The fourth-order valence-corrected chi connectivity index (χ4v) is 2.55. The highest BCUT2D eigenvalue weighted by molar-refractivity contribution is 5.81. The van der Waals surface area contributed by atoms with Gasteiger partial charge in [0.05, 0.1) is 28.5 Å². The molecule has 2 aromatic heterocycles. The minimum Gasteiger partial charge on any atom is -0.367 e. The van der Waals surface area contributed by atoms with E-state index in [1.165, 1.54) is 0 Å². The summed E-state index contributed by atoms with van der Waals surface area (Å²) in [5, 5.41) is 3.31. The molecule has 1 atom stereocenters. The number of nitrogens with one attached hydrogen (secondary N) is 1. The van der Waals surface area contributed by atoms with Gasteiger partial charge in [-0.1, -0.05) is 0 Å². The standard InChI is InChI=1S/C14H21N5/c1-9(15)14-13(19(3)10-7-16-8-10)6-12-11(17-14)4-5-18(12)2/h4-6,9-10,16H,7-8,15H2,1-3H3. The smallest absolute Gasteiger partial charge is 0.0886 e. The molecule has 1 unspecified atom stereocenters. The first-order chi connectivity index (χ1) is 9.08. The molecule has 0 radical (unpaired) electrons. The van der Waals surface area contributed by atoms with Crippen molar-refractivity contribution in [1.29, 1.82) is 0 Å². The Morgan fingerprint density at radius 1 is 1.53 bits per heavy atom. The van der Waals surface area contributed by atoms with Gasteiger partial charge in [0.2, 0.25) is 0 Å². The minimum atomic E-state index is -0.0601. The molecular formula is C14H21N5. The van der Waals surface area contributed by atoms with Crippen LogP contribution in [0.5, 0.6) is 0 Å². The number of rotatable bonds is 3. The van der Waals surface area contributed by atoms with E-state index in [0.29, 0.717) is 6.04 Å². The molecule has 1 aliphatic heterocycles. The summed E-state index contributed by atoms with van der Waals surface area (Å²) in [6.07, 6.45) is 2.04. The molecule has 0 aliphatic carbocycles. The summed E-state index contributed by atoms with van der Waals surface area (Å²) in [5.74, 6) is 0. The van der Waals surface area contributed by atoms with Crippen molar-refractivity contribution in [1.82, 2.24) is 14.9 Å². The highest BCUT2D eigenvalue weighted by atomic mass is 15.2. The van der Waals surface area contributed by atoms with Crippen LogP contribution in [0.4, 0.5) is 5.69 Å². The van der Waals surface area contributed by atoms with Crippen LogP contribution in [-0.4, -0.2) is 35.7 Å². The van der Waals surface area contributed by atoms with Gasteiger partial charge in [-0.2, -0.15) is 0 Å². The number of nitrogens with two attached hydrogens (primary N) is 1. The first kappa shape index (κ1) is 12.4. The maximum atomic E-state index is 6.10. The SMILES string of the molecule is CC(N)c1nc2ccn(C)c2cc1N(C)C1CNC1. The average Bonchev–Trinajstić information content (AvgIpc) is 2.67. The molecular weight excluding hydrogens is 238 g/mol. The van der Waals surface area contributed by atoms with Crippen molar-refractivity contribution in [3.63, 3.8) is 0 Å². The number of anilines is 1. The van der Waals surface area contributed by atoms with Gasteiger partial charge in [0.1, 0.15) is 0 Å². The Balaban J connectivity index is 2.12. The molecule has 0 spiro atoms. The zero-order valence-corrected chi connectivity index (χ0v) is 11.7. The van der Waals surface area contributed by atoms with Crippen LogP contribution in [0, 0.1) is 0 Å². The topological polar surface area (TPSA) is 59.1 Å². The molecule has 5 nitrogen and oxygen atoms in total. The Kier molecular flexibility index (Phi) is 2.95. The monoisotopic (exact) mass is 259 g/mol. The second-order valence-corrected chi connectivity index (χ2v) is 5.44. The zero-order chi connectivity index (χ0) is 13.6. The van der Waals surface area contributed by atoms with Crippen LogP contribution >= 0.6 is 0 Å². The summed E-state index contributed by atoms with van der Waals surface area (Å²) in [4.78, 5) is 7.05. The lowest BCUT2D eigenvalue weighted by molar-refractivity contribution is 0.427. The van der Waals surface area contributed by atoms with Crippen LogP contribution in [0.2, 0.25) is 0 Å². The summed E-state index contributed by atoms with van der Waals surface area (Å²) in [6, 6.07) is 4.72. The lowest BCUT2D eigenvalue weighted by atomic mass is 10.1. The number of aryl methyl sites for hydroxylation is 1. The van der Waals surface area contributed by atoms with Crippen LogP contribution < -0.4 is 16.0 Å². The fourth-order valence-electron chi connectivity index (χ4n) is 2.55. The largest absolute Gasteiger partial charge is 0.367 e. The fraction of sp³-hybridized carbons (Fsp3) is 0.500. The molecule has 1 saturated heterocycles. The number of hydrogen-bond acceptors (Lipinski definition) is 4.